The number of hydrogen-bond donors (Lipinski definition) is 2. The predicted octanol–water partition coefficient (Wildman–Crippen LogP) is 6.42. The van der Waals surface area contributed by atoms with Crippen LogP contribution in [0.25, 0.3) is 0 Å². The van der Waals surface area contributed by atoms with Gasteiger partial charge in [-0.2, -0.15) is 0 Å². The summed E-state index contributed by atoms with van der Waals surface area (Å²) in [7, 11) is 0. The van der Waals surface area contributed by atoms with Crippen LogP contribution >= 0.6 is 0 Å². The summed E-state index contributed by atoms with van der Waals surface area (Å²) in [5.41, 5.74) is 5.82. The Balaban J connectivity index is 2.67. The highest BCUT2D eigenvalue weighted by Gasteiger charge is 2.08. The van der Waals surface area contributed by atoms with Gasteiger partial charge in [0.2, 0.25) is 5.91 Å². The molecule has 0 saturated carbocycles. The molecule has 0 aliphatic carbocycles. The van der Waals surface area contributed by atoms with E-state index in [2.05, 4.69) is 44.3 Å². The molecule has 0 radical (unpaired) electrons. The fraction of sp³-hybridized carbons (Fsp3) is 0.444. The lowest BCUT2D eigenvalue weighted by Gasteiger charge is -2.09. The number of aliphatic hydroxyl groups excluding tert-OH is 1. The average molecular weight is 410 g/mol. The van der Waals surface area contributed by atoms with Crippen LogP contribution < -0.4 is 5.32 Å². The van der Waals surface area contributed by atoms with Crippen molar-refractivity contribution in [2.75, 3.05) is 6.61 Å². The third-order valence-electron chi connectivity index (χ3n) is 4.95. The van der Waals surface area contributed by atoms with E-state index < -0.39 is 0 Å². The molecule has 0 spiro atoms. The third kappa shape index (κ3) is 12.2. The van der Waals surface area contributed by atoms with Gasteiger partial charge in [0.25, 0.3) is 0 Å². The van der Waals surface area contributed by atoms with E-state index in [9.17, 15) is 4.79 Å². The highest BCUT2D eigenvalue weighted by Crippen LogP contribution is 2.14. The molecule has 0 saturated heterocycles. The first kappa shape index (κ1) is 25.6. The Morgan fingerprint density at radius 1 is 0.833 bits per heavy atom. The number of carbonyl (C=O) groups excluding carboxylic acids is 1. The summed E-state index contributed by atoms with van der Waals surface area (Å²) in [6.07, 6.45) is 13.8. The zero-order valence-corrected chi connectivity index (χ0v) is 19.2. The first-order valence-corrected chi connectivity index (χ1v) is 11.0. The second kappa shape index (κ2) is 15.4. The fourth-order valence-electron chi connectivity index (χ4n) is 3.10. The van der Waals surface area contributed by atoms with Gasteiger partial charge in [0.05, 0.1) is 6.61 Å². The zero-order valence-electron chi connectivity index (χ0n) is 19.2. The van der Waals surface area contributed by atoms with Crippen molar-refractivity contribution in [2.24, 2.45) is 0 Å². The molecule has 1 aromatic rings. The molecule has 0 aliphatic heterocycles. The number of carbonyl (C=O) groups is 1. The Kier molecular flexibility index (Phi) is 13.2. The van der Waals surface area contributed by atoms with Crippen LogP contribution in [-0.2, 0) is 11.3 Å². The quantitative estimate of drug-likeness (QED) is 0.292. The molecule has 1 rings (SSSR count). The number of rotatable bonds is 13. The molecule has 1 amide bonds. The molecular formula is C27H39NO2. The summed E-state index contributed by atoms with van der Waals surface area (Å²) in [4.78, 5) is 12.8. The molecule has 0 heterocycles. The molecule has 164 valence electrons. The van der Waals surface area contributed by atoms with Crippen LogP contribution in [0.1, 0.15) is 71.8 Å². The number of benzene rings is 1. The highest BCUT2D eigenvalue weighted by atomic mass is 16.2. The van der Waals surface area contributed by atoms with Gasteiger partial charge in [0.15, 0.2) is 0 Å². The largest absolute Gasteiger partial charge is 0.392 e. The van der Waals surface area contributed by atoms with Crippen molar-refractivity contribution < 1.29 is 9.90 Å². The van der Waals surface area contributed by atoms with Crippen LogP contribution in [0.15, 0.2) is 76.9 Å². The second-order valence-corrected chi connectivity index (χ2v) is 8.08. The van der Waals surface area contributed by atoms with Crippen molar-refractivity contribution in [2.45, 2.75) is 72.8 Å². The summed E-state index contributed by atoms with van der Waals surface area (Å²) >= 11 is 0. The molecular weight excluding hydrogens is 370 g/mol. The van der Waals surface area contributed by atoms with Crippen LogP contribution in [0.2, 0.25) is 0 Å². The van der Waals surface area contributed by atoms with Gasteiger partial charge in [0, 0.05) is 12.1 Å². The number of amides is 1. The molecule has 30 heavy (non-hydrogen) atoms. The van der Waals surface area contributed by atoms with Crippen molar-refractivity contribution in [1.82, 2.24) is 5.32 Å². The topological polar surface area (TPSA) is 49.3 Å². The summed E-state index contributed by atoms with van der Waals surface area (Å²) < 4.78 is 0. The molecule has 0 bridgehead atoms. The van der Waals surface area contributed by atoms with Crippen LogP contribution in [0.5, 0.6) is 0 Å². The molecule has 1 aromatic carbocycles. The van der Waals surface area contributed by atoms with E-state index in [-0.39, 0.29) is 12.5 Å². The van der Waals surface area contributed by atoms with E-state index in [1.54, 1.807) is 0 Å². The van der Waals surface area contributed by atoms with E-state index in [0.717, 1.165) is 55.2 Å². The van der Waals surface area contributed by atoms with Crippen LogP contribution in [0, 0.1) is 0 Å². The van der Waals surface area contributed by atoms with Gasteiger partial charge in [-0.15, -0.1) is 0 Å². The summed E-state index contributed by atoms with van der Waals surface area (Å²) in [6, 6.07) is 9.98. The molecule has 0 fully saturated rings. The van der Waals surface area contributed by atoms with Crippen molar-refractivity contribution in [3.05, 3.63) is 82.5 Å². The summed E-state index contributed by atoms with van der Waals surface area (Å²) in [6.45, 7) is 9.04. The van der Waals surface area contributed by atoms with Gasteiger partial charge in [-0.25, -0.2) is 0 Å². The van der Waals surface area contributed by atoms with Crippen LogP contribution in [0.4, 0.5) is 0 Å². The molecule has 0 aromatic heterocycles. The van der Waals surface area contributed by atoms with Crippen molar-refractivity contribution in [3.63, 3.8) is 0 Å². The minimum Gasteiger partial charge on any atom is -0.392 e. The molecule has 0 unspecified atom stereocenters. The van der Waals surface area contributed by atoms with Crippen molar-refractivity contribution in [3.8, 4) is 0 Å². The van der Waals surface area contributed by atoms with E-state index >= 15 is 0 Å². The molecule has 3 heteroatoms. The van der Waals surface area contributed by atoms with Gasteiger partial charge in [-0.3, -0.25) is 4.79 Å². The number of nitrogens with one attached hydrogen (secondary N) is 1. The second-order valence-electron chi connectivity index (χ2n) is 8.08. The maximum Gasteiger partial charge on any atom is 0.247 e. The molecule has 0 atom stereocenters. The minimum absolute atomic E-state index is 0.0123. The highest BCUT2D eigenvalue weighted by molar-refractivity contribution is 5.93. The maximum absolute atomic E-state index is 12.8. The SMILES string of the molecule is CC(C)=CCC/C(C)=C/CC/C(=C/CC/C(C)=C/CO)C(=O)NCc1ccccc1. The zero-order chi connectivity index (χ0) is 22.2. The van der Waals surface area contributed by atoms with Gasteiger partial charge in [-0.1, -0.05) is 71.4 Å². The number of allylic oxidation sites excluding steroid dienone is 6. The first-order valence-electron chi connectivity index (χ1n) is 11.0. The minimum atomic E-state index is 0.0123. The average Bonchev–Trinajstić information content (AvgIpc) is 2.71. The van der Waals surface area contributed by atoms with Gasteiger partial charge in [-0.05, 0) is 71.8 Å². The van der Waals surface area contributed by atoms with Crippen LogP contribution in [0.3, 0.4) is 0 Å². The summed E-state index contributed by atoms with van der Waals surface area (Å²) in [5, 5.41) is 12.1. The normalized spacial score (nSPS) is 12.6. The van der Waals surface area contributed by atoms with Crippen molar-refractivity contribution >= 4 is 5.91 Å². The predicted molar refractivity (Wildman–Crippen MR) is 128 cm³/mol. The van der Waals surface area contributed by atoms with E-state index in [0.29, 0.717) is 6.54 Å². The molecule has 0 aliphatic rings. The Labute approximate surface area is 183 Å². The number of hydrogen-bond acceptors (Lipinski definition) is 2. The Morgan fingerprint density at radius 3 is 2.07 bits per heavy atom. The lowest BCUT2D eigenvalue weighted by atomic mass is 10.0. The lowest BCUT2D eigenvalue weighted by molar-refractivity contribution is -0.117. The smallest absolute Gasteiger partial charge is 0.247 e. The Hall–Kier alpha value is -2.39. The third-order valence-corrected chi connectivity index (χ3v) is 4.95. The van der Waals surface area contributed by atoms with Gasteiger partial charge < -0.3 is 10.4 Å². The van der Waals surface area contributed by atoms with Gasteiger partial charge in [0.1, 0.15) is 0 Å². The standard InChI is InChI=1S/C27H39NO2/c1-22(2)11-8-12-23(3)13-9-17-26(18-10-14-24(4)19-20-29)27(30)28-21-25-15-6-5-7-16-25/h5-7,11,13,15-16,18-19,29H,8-10,12,14,17,20-21H2,1-4H3,(H,28,30)/b23-13+,24-19+,26-18-. The van der Waals surface area contributed by atoms with Crippen LogP contribution in [-0.4, -0.2) is 17.6 Å². The van der Waals surface area contributed by atoms with E-state index in [4.69, 9.17) is 5.11 Å². The van der Waals surface area contributed by atoms with E-state index in [1.807, 2.05) is 43.3 Å². The Morgan fingerprint density at radius 2 is 1.43 bits per heavy atom. The monoisotopic (exact) mass is 409 g/mol. The Bertz CT molecular complexity index is 750. The first-order chi connectivity index (χ1) is 14.4. The summed E-state index contributed by atoms with van der Waals surface area (Å²) in [5.74, 6) is 0.0123. The lowest BCUT2D eigenvalue weighted by Crippen LogP contribution is -2.24. The molecule has 2 N–H and O–H groups in total. The maximum atomic E-state index is 12.8. The van der Waals surface area contributed by atoms with E-state index in [1.165, 1.54) is 11.1 Å². The molecule has 3 nitrogen and oxygen atoms in total. The van der Waals surface area contributed by atoms with Gasteiger partial charge >= 0.3 is 0 Å². The van der Waals surface area contributed by atoms with Crippen molar-refractivity contribution in [1.29, 1.82) is 0 Å². The number of aliphatic hydroxyl groups is 1. The fourth-order valence-corrected chi connectivity index (χ4v) is 3.10.